The summed E-state index contributed by atoms with van der Waals surface area (Å²) in [7, 11) is 1.93. The van der Waals surface area contributed by atoms with E-state index in [9.17, 15) is 4.79 Å². The standard InChI is InChI=1S/C13H21N7O/c1-3-15-10(21)7-19(2)5-4-6-20-9-18-11-12(14)16-8-17-13(11)20/h8-9H,3-7H2,1-2H3,(H,15,21)(H2,14,16,17). The van der Waals surface area contributed by atoms with Gasteiger partial charge < -0.3 is 15.6 Å². The third-order valence-corrected chi connectivity index (χ3v) is 3.16. The van der Waals surface area contributed by atoms with Crippen LogP contribution in [0.5, 0.6) is 0 Å². The molecule has 21 heavy (non-hydrogen) atoms. The molecule has 114 valence electrons. The third kappa shape index (κ3) is 3.88. The van der Waals surface area contributed by atoms with E-state index in [1.165, 1.54) is 6.33 Å². The van der Waals surface area contributed by atoms with Crippen molar-refractivity contribution in [1.29, 1.82) is 0 Å². The maximum Gasteiger partial charge on any atom is 0.234 e. The first-order valence-corrected chi connectivity index (χ1v) is 6.98. The van der Waals surface area contributed by atoms with Gasteiger partial charge in [0.15, 0.2) is 11.5 Å². The summed E-state index contributed by atoms with van der Waals surface area (Å²) in [6.45, 7) is 4.57. The molecule has 0 saturated heterocycles. The second kappa shape index (κ2) is 6.98. The quantitative estimate of drug-likeness (QED) is 0.736. The molecular formula is C13H21N7O. The Balaban J connectivity index is 1.85. The highest BCUT2D eigenvalue weighted by Crippen LogP contribution is 2.14. The van der Waals surface area contributed by atoms with E-state index in [1.54, 1.807) is 6.33 Å². The van der Waals surface area contributed by atoms with Gasteiger partial charge in [0.1, 0.15) is 11.8 Å². The van der Waals surface area contributed by atoms with E-state index in [1.807, 2.05) is 23.4 Å². The molecule has 0 aliphatic heterocycles. The van der Waals surface area contributed by atoms with Crippen LogP contribution in [0.25, 0.3) is 11.2 Å². The number of nitrogen functional groups attached to an aromatic ring is 1. The normalized spacial score (nSPS) is 11.2. The van der Waals surface area contributed by atoms with Crippen molar-refractivity contribution in [3.8, 4) is 0 Å². The predicted molar refractivity (Wildman–Crippen MR) is 80.5 cm³/mol. The van der Waals surface area contributed by atoms with E-state index < -0.39 is 0 Å². The molecule has 8 nitrogen and oxygen atoms in total. The van der Waals surface area contributed by atoms with Crippen molar-refractivity contribution in [2.24, 2.45) is 0 Å². The summed E-state index contributed by atoms with van der Waals surface area (Å²) < 4.78 is 1.95. The number of rotatable bonds is 7. The molecule has 0 spiro atoms. The lowest BCUT2D eigenvalue weighted by atomic mass is 10.3. The number of likely N-dealkylation sites (N-methyl/N-ethyl adjacent to an activating group) is 2. The van der Waals surface area contributed by atoms with Gasteiger partial charge in [0, 0.05) is 19.6 Å². The van der Waals surface area contributed by atoms with Gasteiger partial charge in [-0.25, -0.2) is 15.0 Å². The second-order valence-corrected chi connectivity index (χ2v) is 4.91. The molecule has 0 aliphatic carbocycles. The zero-order valence-corrected chi connectivity index (χ0v) is 12.4. The highest BCUT2D eigenvalue weighted by atomic mass is 16.1. The van der Waals surface area contributed by atoms with Crippen molar-refractivity contribution in [3.63, 3.8) is 0 Å². The van der Waals surface area contributed by atoms with Crippen LogP contribution in [0.4, 0.5) is 5.82 Å². The maximum atomic E-state index is 11.5. The van der Waals surface area contributed by atoms with E-state index in [0.29, 0.717) is 24.4 Å². The van der Waals surface area contributed by atoms with Gasteiger partial charge in [-0.1, -0.05) is 0 Å². The first-order chi connectivity index (χ1) is 10.1. The number of carbonyl (C=O) groups is 1. The molecule has 2 rings (SSSR count). The third-order valence-electron chi connectivity index (χ3n) is 3.16. The van der Waals surface area contributed by atoms with Crippen LogP contribution in [0.2, 0.25) is 0 Å². The number of aryl methyl sites for hydroxylation is 1. The summed E-state index contributed by atoms with van der Waals surface area (Å²) >= 11 is 0. The van der Waals surface area contributed by atoms with Crippen LogP contribution in [0.15, 0.2) is 12.7 Å². The Bertz CT molecular complexity index is 610. The van der Waals surface area contributed by atoms with Crippen molar-refractivity contribution < 1.29 is 4.79 Å². The van der Waals surface area contributed by atoms with Gasteiger partial charge in [0.2, 0.25) is 5.91 Å². The molecule has 0 atom stereocenters. The number of anilines is 1. The molecule has 3 N–H and O–H groups in total. The summed E-state index contributed by atoms with van der Waals surface area (Å²) in [4.78, 5) is 25.8. The van der Waals surface area contributed by atoms with Gasteiger partial charge >= 0.3 is 0 Å². The van der Waals surface area contributed by atoms with Gasteiger partial charge in [0.25, 0.3) is 0 Å². The molecule has 8 heteroatoms. The Hall–Kier alpha value is -2.22. The topological polar surface area (TPSA) is 102 Å². The zero-order valence-electron chi connectivity index (χ0n) is 12.4. The number of hydrogen-bond donors (Lipinski definition) is 2. The molecule has 2 aromatic heterocycles. The number of fused-ring (bicyclic) bond motifs is 1. The number of hydrogen-bond acceptors (Lipinski definition) is 6. The second-order valence-electron chi connectivity index (χ2n) is 4.91. The fourth-order valence-electron chi connectivity index (χ4n) is 2.15. The Morgan fingerprint density at radius 1 is 1.43 bits per heavy atom. The van der Waals surface area contributed by atoms with Crippen LogP contribution in [-0.4, -0.2) is 57.0 Å². The Kier molecular flexibility index (Phi) is 5.04. The lowest BCUT2D eigenvalue weighted by Gasteiger charge is -2.15. The molecule has 1 amide bonds. The number of nitrogens with two attached hydrogens (primary N) is 1. The van der Waals surface area contributed by atoms with Gasteiger partial charge in [-0.15, -0.1) is 0 Å². The number of nitrogens with one attached hydrogen (secondary N) is 1. The molecule has 0 bridgehead atoms. The zero-order chi connectivity index (χ0) is 15.2. The van der Waals surface area contributed by atoms with Gasteiger partial charge in [-0.3, -0.25) is 9.69 Å². The summed E-state index contributed by atoms with van der Waals surface area (Å²) in [5.74, 6) is 0.445. The lowest BCUT2D eigenvalue weighted by Crippen LogP contribution is -2.35. The molecule has 0 fully saturated rings. The average Bonchev–Trinajstić information content (AvgIpc) is 2.84. The highest BCUT2D eigenvalue weighted by Gasteiger charge is 2.08. The Morgan fingerprint density at radius 3 is 3.00 bits per heavy atom. The summed E-state index contributed by atoms with van der Waals surface area (Å²) in [5.41, 5.74) is 7.13. The summed E-state index contributed by atoms with van der Waals surface area (Å²) in [6.07, 6.45) is 4.06. The van der Waals surface area contributed by atoms with Crippen molar-refractivity contribution in [1.82, 2.24) is 29.7 Å². The van der Waals surface area contributed by atoms with E-state index in [2.05, 4.69) is 20.3 Å². The fraction of sp³-hybridized carbons (Fsp3) is 0.538. The Morgan fingerprint density at radius 2 is 2.24 bits per heavy atom. The monoisotopic (exact) mass is 291 g/mol. The number of carbonyl (C=O) groups excluding carboxylic acids is 1. The van der Waals surface area contributed by atoms with Crippen molar-refractivity contribution in [2.75, 3.05) is 32.4 Å². The molecule has 0 saturated carbocycles. The minimum absolute atomic E-state index is 0.0496. The van der Waals surface area contributed by atoms with Gasteiger partial charge in [0.05, 0.1) is 12.9 Å². The SMILES string of the molecule is CCNC(=O)CN(C)CCCn1cnc2c(N)ncnc21. The molecule has 2 heterocycles. The number of nitrogens with zero attached hydrogens (tertiary/aromatic N) is 5. The molecule has 0 radical (unpaired) electrons. The van der Waals surface area contributed by atoms with Crippen LogP contribution in [-0.2, 0) is 11.3 Å². The lowest BCUT2D eigenvalue weighted by molar-refractivity contribution is -0.121. The van der Waals surface area contributed by atoms with Crippen LogP contribution in [0, 0.1) is 0 Å². The first kappa shape index (κ1) is 15.2. The predicted octanol–water partition coefficient (Wildman–Crippen LogP) is -0.133. The molecule has 2 aromatic rings. The first-order valence-electron chi connectivity index (χ1n) is 6.98. The highest BCUT2D eigenvalue weighted by molar-refractivity contribution is 5.81. The van der Waals surface area contributed by atoms with Crippen molar-refractivity contribution in [3.05, 3.63) is 12.7 Å². The van der Waals surface area contributed by atoms with Crippen LogP contribution >= 0.6 is 0 Å². The molecule has 0 aromatic carbocycles. The van der Waals surface area contributed by atoms with Crippen molar-refractivity contribution in [2.45, 2.75) is 19.9 Å². The minimum Gasteiger partial charge on any atom is -0.382 e. The van der Waals surface area contributed by atoms with Crippen LogP contribution in [0.3, 0.4) is 0 Å². The minimum atomic E-state index is 0.0496. The van der Waals surface area contributed by atoms with Gasteiger partial charge in [-0.2, -0.15) is 0 Å². The molecular weight excluding hydrogens is 270 g/mol. The Labute approximate surface area is 123 Å². The molecule has 0 unspecified atom stereocenters. The number of amides is 1. The average molecular weight is 291 g/mol. The van der Waals surface area contributed by atoms with E-state index in [0.717, 1.165) is 25.2 Å². The molecule has 0 aliphatic rings. The van der Waals surface area contributed by atoms with Crippen LogP contribution < -0.4 is 11.1 Å². The number of aromatic nitrogens is 4. The smallest absolute Gasteiger partial charge is 0.234 e. The largest absolute Gasteiger partial charge is 0.382 e. The van der Waals surface area contributed by atoms with E-state index in [-0.39, 0.29) is 5.91 Å². The summed E-state index contributed by atoms with van der Waals surface area (Å²) in [6, 6.07) is 0. The maximum absolute atomic E-state index is 11.5. The van der Waals surface area contributed by atoms with E-state index in [4.69, 9.17) is 5.73 Å². The van der Waals surface area contributed by atoms with E-state index >= 15 is 0 Å². The summed E-state index contributed by atoms with van der Waals surface area (Å²) in [5, 5.41) is 2.78. The number of imidazole rings is 1. The van der Waals surface area contributed by atoms with Gasteiger partial charge in [-0.05, 0) is 20.4 Å². The van der Waals surface area contributed by atoms with Crippen molar-refractivity contribution >= 4 is 22.9 Å². The fourth-order valence-corrected chi connectivity index (χ4v) is 2.15. The van der Waals surface area contributed by atoms with Crippen LogP contribution in [0.1, 0.15) is 13.3 Å².